The van der Waals surface area contributed by atoms with Crippen molar-refractivity contribution in [1.82, 2.24) is 0 Å². The van der Waals surface area contributed by atoms with Crippen LogP contribution < -0.4 is 9.47 Å². The van der Waals surface area contributed by atoms with Crippen molar-refractivity contribution in [3.8, 4) is 17.2 Å². The monoisotopic (exact) mass is 300 g/mol. The van der Waals surface area contributed by atoms with Gasteiger partial charge in [0.05, 0.1) is 6.61 Å². The molecule has 3 rings (SSSR count). The standard InChI is InChI=1S/C18H20O2S/c21-14-18(11-4-12-18)13-19-15-7-9-17(10-8-15)20-16-5-2-1-3-6-16/h1-3,5-10,21H,4,11-14H2. The predicted molar refractivity (Wildman–Crippen MR) is 88.6 cm³/mol. The van der Waals surface area contributed by atoms with E-state index in [-0.39, 0.29) is 0 Å². The maximum Gasteiger partial charge on any atom is 0.127 e. The highest BCUT2D eigenvalue weighted by molar-refractivity contribution is 7.80. The van der Waals surface area contributed by atoms with Crippen LogP contribution in [-0.4, -0.2) is 12.4 Å². The van der Waals surface area contributed by atoms with Gasteiger partial charge in [0.15, 0.2) is 0 Å². The van der Waals surface area contributed by atoms with Crippen LogP contribution >= 0.6 is 12.6 Å². The van der Waals surface area contributed by atoms with Crippen LogP contribution in [0.25, 0.3) is 0 Å². The summed E-state index contributed by atoms with van der Waals surface area (Å²) in [5, 5.41) is 0. The number of ether oxygens (including phenoxy) is 2. The molecule has 0 aromatic heterocycles. The minimum atomic E-state index is 0.294. The maximum absolute atomic E-state index is 5.90. The minimum absolute atomic E-state index is 0.294. The third-order valence-corrected chi connectivity index (χ3v) is 4.77. The summed E-state index contributed by atoms with van der Waals surface area (Å²) >= 11 is 4.45. The zero-order valence-corrected chi connectivity index (χ0v) is 12.9. The maximum atomic E-state index is 5.90. The topological polar surface area (TPSA) is 18.5 Å². The molecule has 0 heterocycles. The highest BCUT2D eigenvalue weighted by atomic mass is 32.1. The van der Waals surface area contributed by atoms with Gasteiger partial charge < -0.3 is 9.47 Å². The Morgan fingerprint density at radius 3 is 2.05 bits per heavy atom. The van der Waals surface area contributed by atoms with E-state index in [1.54, 1.807) is 0 Å². The predicted octanol–water partition coefficient (Wildman–Crippen LogP) is 4.96. The SMILES string of the molecule is SCC1(COc2ccc(Oc3ccccc3)cc2)CCC1. The van der Waals surface area contributed by atoms with E-state index in [4.69, 9.17) is 9.47 Å². The molecule has 0 N–H and O–H groups in total. The molecule has 0 bridgehead atoms. The Balaban J connectivity index is 1.57. The number of benzene rings is 2. The van der Waals surface area contributed by atoms with Gasteiger partial charge in [0.2, 0.25) is 0 Å². The van der Waals surface area contributed by atoms with Gasteiger partial charge in [0.1, 0.15) is 17.2 Å². The average Bonchev–Trinajstić information content (AvgIpc) is 2.49. The Morgan fingerprint density at radius 1 is 0.857 bits per heavy atom. The van der Waals surface area contributed by atoms with Gasteiger partial charge in [-0.1, -0.05) is 24.6 Å². The third-order valence-electron chi connectivity index (χ3n) is 4.10. The molecule has 2 nitrogen and oxygen atoms in total. The van der Waals surface area contributed by atoms with Gasteiger partial charge in [-0.3, -0.25) is 0 Å². The van der Waals surface area contributed by atoms with Crippen LogP contribution in [-0.2, 0) is 0 Å². The lowest BCUT2D eigenvalue weighted by Crippen LogP contribution is -2.37. The molecule has 0 radical (unpaired) electrons. The van der Waals surface area contributed by atoms with Crippen LogP contribution in [0, 0.1) is 5.41 Å². The number of para-hydroxylation sites is 1. The van der Waals surface area contributed by atoms with Gasteiger partial charge in [0, 0.05) is 5.41 Å². The molecule has 21 heavy (non-hydrogen) atoms. The Labute approximate surface area is 131 Å². The zero-order valence-electron chi connectivity index (χ0n) is 12.0. The van der Waals surface area contributed by atoms with E-state index in [0.717, 1.165) is 29.6 Å². The number of thiol groups is 1. The van der Waals surface area contributed by atoms with Gasteiger partial charge in [-0.05, 0) is 55.0 Å². The molecular weight excluding hydrogens is 280 g/mol. The van der Waals surface area contributed by atoms with Gasteiger partial charge in [-0.15, -0.1) is 0 Å². The molecule has 1 aliphatic carbocycles. The van der Waals surface area contributed by atoms with Crippen molar-refractivity contribution in [2.24, 2.45) is 5.41 Å². The molecule has 110 valence electrons. The second-order valence-electron chi connectivity index (χ2n) is 5.69. The molecule has 0 spiro atoms. The highest BCUT2D eigenvalue weighted by Crippen LogP contribution is 2.42. The molecule has 1 fully saturated rings. The number of hydrogen-bond acceptors (Lipinski definition) is 3. The van der Waals surface area contributed by atoms with E-state index >= 15 is 0 Å². The normalized spacial score (nSPS) is 16.0. The van der Waals surface area contributed by atoms with Crippen molar-refractivity contribution >= 4 is 12.6 Å². The number of hydrogen-bond donors (Lipinski definition) is 1. The lowest BCUT2D eigenvalue weighted by atomic mass is 9.71. The van der Waals surface area contributed by atoms with E-state index in [1.807, 2.05) is 54.6 Å². The van der Waals surface area contributed by atoms with E-state index < -0.39 is 0 Å². The summed E-state index contributed by atoms with van der Waals surface area (Å²) in [6.45, 7) is 0.759. The quantitative estimate of drug-likeness (QED) is 0.760. The average molecular weight is 300 g/mol. The van der Waals surface area contributed by atoms with E-state index in [2.05, 4.69) is 12.6 Å². The van der Waals surface area contributed by atoms with E-state index in [9.17, 15) is 0 Å². The van der Waals surface area contributed by atoms with Crippen LogP contribution in [0.2, 0.25) is 0 Å². The minimum Gasteiger partial charge on any atom is -0.493 e. The van der Waals surface area contributed by atoms with Gasteiger partial charge in [-0.25, -0.2) is 0 Å². The summed E-state index contributed by atoms with van der Waals surface area (Å²) in [7, 11) is 0. The molecule has 0 atom stereocenters. The molecule has 3 heteroatoms. The summed E-state index contributed by atoms with van der Waals surface area (Å²) < 4.78 is 11.7. The second-order valence-corrected chi connectivity index (χ2v) is 6.00. The lowest BCUT2D eigenvalue weighted by Gasteiger charge is -2.40. The molecule has 0 aliphatic heterocycles. The fourth-order valence-corrected chi connectivity index (χ4v) is 2.90. The van der Waals surface area contributed by atoms with Crippen LogP contribution in [0.3, 0.4) is 0 Å². The molecule has 1 saturated carbocycles. The third kappa shape index (κ3) is 3.53. The summed E-state index contributed by atoms with van der Waals surface area (Å²) in [6.07, 6.45) is 3.76. The molecule has 0 unspecified atom stereocenters. The smallest absolute Gasteiger partial charge is 0.127 e. The summed E-state index contributed by atoms with van der Waals surface area (Å²) in [5.41, 5.74) is 0.294. The highest BCUT2D eigenvalue weighted by Gasteiger charge is 2.36. The summed E-state index contributed by atoms with van der Waals surface area (Å²) in [5.74, 6) is 3.46. The van der Waals surface area contributed by atoms with Crippen molar-refractivity contribution in [2.45, 2.75) is 19.3 Å². The van der Waals surface area contributed by atoms with Gasteiger partial charge >= 0.3 is 0 Å². The largest absolute Gasteiger partial charge is 0.493 e. The molecule has 0 amide bonds. The molecule has 2 aromatic rings. The van der Waals surface area contributed by atoms with Crippen LogP contribution in [0.1, 0.15) is 19.3 Å². The van der Waals surface area contributed by atoms with Crippen molar-refractivity contribution in [3.63, 3.8) is 0 Å². The fourth-order valence-electron chi connectivity index (χ4n) is 2.49. The Bertz CT molecular complexity index is 556. The Hall–Kier alpha value is -1.61. The first-order valence-corrected chi connectivity index (χ1v) is 8.00. The second kappa shape index (κ2) is 6.44. The Kier molecular flexibility index (Phi) is 4.39. The van der Waals surface area contributed by atoms with Gasteiger partial charge in [0.25, 0.3) is 0 Å². The van der Waals surface area contributed by atoms with E-state index in [1.165, 1.54) is 19.3 Å². The lowest BCUT2D eigenvalue weighted by molar-refractivity contribution is 0.0829. The summed E-state index contributed by atoms with van der Waals surface area (Å²) in [4.78, 5) is 0. The molecule has 2 aromatic carbocycles. The first-order valence-electron chi connectivity index (χ1n) is 7.36. The molecular formula is C18H20O2S. The first kappa shape index (κ1) is 14.3. The fraction of sp³-hybridized carbons (Fsp3) is 0.333. The molecule has 1 aliphatic rings. The van der Waals surface area contributed by atoms with Crippen LogP contribution in [0.5, 0.6) is 17.2 Å². The first-order chi connectivity index (χ1) is 10.3. The van der Waals surface area contributed by atoms with Crippen molar-refractivity contribution in [1.29, 1.82) is 0 Å². The van der Waals surface area contributed by atoms with Crippen LogP contribution in [0.15, 0.2) is 54.6 Å². The van der Waals surface area contributed by atoms with Crippen molar-refractivity contribution < 1.29 is 9.47 Å². The van der Waals surface area contributed by atoms with E-state index in [0.29, 0.717) is 5.41 Å². The molecule has 0 saturated heterocycles. The van der Waals surface area contributed by atoms with Crippen LogP contribution in [0.4, 0.5) is 0 Å². The van der Waals surface area contributed by atoms with Crippen molar-refractivity contribution in [2.75, 3.05) is 12.4 Å². The summed E-state index contributed by atoms with van der Waals surface area (Å²) in [6, 6.07) is 17.6. The zero-order chi connectivity index (χ0) is 14.5. The number of rotatable bonds is 6. The van der Waals surface area contributed by atoms with Gasteiger partial charge in [-0.2, -0.15) is 12.6 Å². The Morgan fingerprint density at radius 2 is 1.48 bits per heavy atom. The van der Waals surface area contributed by atoms with Crippen molar-refractivity contribution in [3.05, 3.63) is 54.6 Å².